The van der Waals surface area contributed by atoms with E-state index < -0.39 is 0 Å². The second-order valence-corrected chi connectivity index (χ2v) is 5.68. The molecule has 1 aliphatic heterocycles. The molecule has 0 saturated carbocycles. The fraction of sp³-hybridized carbons (Fsp3) is 0.375. The molecule has 0 aliphatic carbocycles. The Balaban J connectivity index is 2.10. The summed E-state index contributed by atoms with van der Waals surface area (Å²) in [5, 5.41) is 1.07. The minimum Gasteiger partial charge on any atom is -0.382 e. The molecule has 2 N–H and O–H groups in total. The number of fused-ring (bicyclic) bond motifs is 5. The van der Waals surface area contributed by atoms with Gasteiger partial charge in [-0.2, -0.15) is 0 Å². The molecule has 1 aromatic carbocycles. The third-order valence-electron chi connectivity index (χ3n) is 4.17. The maximum Gasteiger partial charge on any atom is 0.152 e. The maximum absolute atomic E-state index is 6.14. The third-order valence-corrected chi connectivity index (χ3v) is 4.17. The number of imidazole rings is 1. The van der Waals surface area contributed by atoms with Crippen LogP contribution in [-0.4, -0.2) is 34.9 Å². The number of methoxy groups -OCH3 is 1. The molecule has 0 radical (unpaired) electrons. The molecule has 0 spiro atoms. The number of aromatic nitrogens is 3. The van der Waals surface area contributed by atoms with Crippen LogP contribution in [-0.2, 0) is 9.47 Å². The highest BCUT2D eigenvalue weighted by Crippen LogP contribution is 2.36. The summed E-state index contributed by atoms with van der Waals surface area (Å²) in [5.41, 5.74) is 8.81. The lowest BCUT2D eigenvalue weighted by Gasteiger charge is -2.29. The zero-order valence-electron chi connectivity index (χ0n) is 12.6. The van der Waals surface area contributed by atoms with E-state index in [4.69, 9.17) is 20.2 Å². The average molecular weight is 298 g/mol. The molecule has 0 saturated heterocycles. The van der Waals surface area contributed by atoms with Crippen LogP contribution in [0.15, 0.2) is 24.3 Å². The summed E-state index contributed by atoms with van der Waals surface area (Å²) in [6, 6.07) is 8.21. The highest BCUT2D eigenvalue weighted by Gasteiger charge is 2.30. The summed E-state index contributed by atoms with van der Waals surface area (Å²) < 4.78 is 13.4. The molecular weight excluding hydrogens is 280 g/mol. The average Bonchev–Trinajstić information content (AvgIpc) is 2.93. The van der Waals surface area contributed by atoms with Gasteiger partial charge >= 0.3 is 0 Å². The van der Waals surface area contributed by atoms with Crippen LogP contribution in [0.4, 0.5) is 5.82 Å². The molecule has 1 unspecified atom stereocenters. The Hall–Kier alpha value is -2.18. The number of nitrogen functional groups attached to an aromatic ring is 1. The lowest BCUT2D eigenvalue weighted by Crippen LogP contribution is -2.27. The van der Waals surface area contributed by atoms with Crippen molar-refractivity contribution in [3.63, 3.8) is 0 Å². The van der Waals surface area contributed by atoms with Crippen molar-refractivity contribution in [2.24, 2.45) is 0 Å². The monoisotopic (exact) mass is 298 g/mol. The number of nitrogens with two attached hydrogens (primary N) is 1. The van der Waals surface area contributed by atoms with E-state index in [9.17, 15) is 0 Å². The Kier molecular flexibility index (Phi) is 3.02. The molecule has 2 aromatic heterocycles. The number of para-hydroxylation sites is 1. The second-order valence-electron chi connectivity index (χ2n) is 5.68. The predicted octanol–water partition coefficient (Wildman–Crippen LogP) is 2.45. The lowest BCUT2D eigenvalue weighted by molar-refractivity contribution is -0.0396. The quantitative estimate of drug-likeness (QED) is 0.786. The van der Waals surface area contributed by atoms with Gasteiger partial charge in [-0.3, -0.25) is 0 Å². The van der Waals surface area contributed by atoms with Crippen molar-refractivity contribution in [3.05, 3.63) is 30.1 Å². The largest absolute Gasteiger partial charge is 0.382 e. The molecule has 1 aliphatic rings. The fourth-order valence-electron chi connectivity index (χ4n) is 3.19. The Morgan fingerprint density at radius 1 is 1.36 bits per heavy atom. The number of hydrogen-bond acceptors (Lipinski definition) is 5. The fourth-order valence-corrected chi connectivity index (χ4v) is 3.19. The Morgan fingerprint density at radius 2 is 2.18 bits per heavy atom. The number of hydrogen-bond donors (Lipinski definition) is 1. The van der Waals surface area contributed by atoms with Crippen LogP contribution in [0.3, 0.4) is 0 Å². The van der Waals surface area contributed by atoms with Gasteiger partial charge in [-0.15, -0.1) is 0 Å². The van der Waals surface area contributed by atoms with E-state index in [0.29, 0.717) is 19.0 Å². The molecule has 0 fully saturated rings. The molecule has 3 heterocycles. The van der Waals surface area contributed by atoms with Crippen molar-refractivity contribution in [3.8, 4) is 0 Å². The Morgan fingerprint density at radius 3 is 3.00 bits per heavy atom. The molecule has 4 rings (SSSR count). The zero-order valence-corrected chi connectivity index (χ0v) is 12.6. The van der Waals surface area contributed by atoms with Gasteiger partial charge in [0.05, 0.1) is 30.3 Å². The molecule has 0 bridgehead atoms. The normalized spacial score (nSPS) is 21.4. The topological polar surface area (TPSA) is 75.2 Å². The van der Waals surface area contributed by atoms with Gasteiger partial charge in [0.25, 0.3) is 0 Å². The van der Waals surface area contributed by atoms with Crippen molar-refractivity contribution in [1.82, 2.24) is 14.5 Å². The van der Waals surface area contributed by atoms with E-state index in [0.717, 1.165) is 27.8 Å². The van der Waals surface area contributed by atoms with Gasteiger partial charge in [-0.25, -0.2) is 9.97 Å². The van der Waals surface area contributed by atoms with Gasteiger partial charge < -0.3 is 19.8 Å². The predicted molar refractivity (Wildman–Crippen MR) is 84.7 cm³/mol. The third kappa shape index (κ3) is 1.81. The Labute approximate surface area is 127 Å². The molecular formula is C16H18N4O2. The summed E-state index contributed by atoms with van der Waals surface area (Å²) in [4.78, 5) is 9.20. The molecule has 22 heavy (non-hydrogen) atoms. The highest BCUT2D eigenvalue weighted by atomic mass is 16.5. The number of anilines is 1. The van der Waals surface area contributed by atoms with Crippen LogP contribution in [0.1, 0.15) is 24.9 Å². The first-order valence-electron chi connectivity index (χ1n) is 7.37. The van der Waals surface area contributed by atoms with Gasteiger partial charge in [0.1, 0.15) is 17.4 Å². The first-order valence-corrected chi connectivity index (χ1v) is 7.37. The van der Waals surface area contributed by atoms with Crippen molar-refractivity contribution in [2.75, 3.05) is 26.1 Å². The van der Waals surface area contributed by atoms with E-state index in [2.05, 4.69) is 22.5 Å². The summed E-state index contributed by atoms with van der Waals surface area (Å²) in [6.07, 6.45) is -0.174. The van der Waals surface area contributed by atoms with Crippen molar-refractivity contribution < 1.29 is 9.47 Å². The van der Waals surface area contributed by atoms with Crippen LogP contribution in [0.25, 0.3) is 21.9 Å². The van der Waals surface area contributed by atoms with Crippen LogP contribution in [0.2, 0.25) is 0 Å². The number of pyridine rings is 1. The first-order chi connectivity index (χ1) is 10.7. The van der Waals surface area contributed by atoms with E-state index in [1.165, 1.54) is 0 Å². The second kappa shape index (κ2) is 4.93. The first kappa shape index (κ1) is 13.5. The van der Waals surface area contributed by atoms with Gasteiger partial charge in [-0.1, -0.05) is 18.2 Å². The number of nitrogens with zero attached hydrogens (tertiary/aromatic N) is 3. The minimum absolute atomic E-state index is 0.174. The maximum atomic E-state index is 6.14. The van der Waals surface area contributed by atoms with Crippen molar-refractivity contribution in [2.45, 2.75) is 19.1 Å². The van der Waals surface area contributed by atoms with Gasteiger partial charge in [0.2, 0.25) is 0 Å². The number of benzene rings is 1. The minimum atomic E-state index is -0.174. The van der Waals surface area contributed by atoms with E-state index in [1.807, 2.05) is 18.2 Å². The summed E-state index contributed by atoms with van der Waals surface area (Å²) >= 11 is 0. The summed E-state index contributed by atoms with van der Waals surface area (Å²) in [5.74, 6) is 1.32. The molecule has 6 heteroatoms. The van der Waals surface area contributed by atoms with E-state index in [1.54, 1.807) is 7.11 Å². The van der Waals surface area contributed by atoms with Crippen LogP contribution in [0, 0.1) is 0 Å². The molecule has 6 nitrogen and oxygen atoms in total. The SMILES string of the molecule is COCC1OC[C@H](C)n2c1nc1c(N)nc3ccccc3c12. The lowest BCUT2D eigenvalue weighted by atomic mass is 10.1. The zero-order chi connectivity index (χ0) is 15.3. The smallest absolute Gasteiger partial charge is 0.152 e. The highest BCUT2D eigenvalue weighted by molar-refractivity contribution is 6.06. The van der Waals surface area contributed by atoms with Gasteiger partial charge in [0.15, 0.2) is 5.82 Å². The molecule has 2 atom stereocenters. The molecule has 114 valence electrons. The van der Waals surface area contributed by atoms with Gasteiger partial charge in [0, 0.05) is 12.5 Å². The van der Waals surface area contributed by atoms with Crippen LogP contribution in [0.5, 0.6) is 0 Å². The van der Waals surface area contributed by atoms with Crippen LogP contribution < -0.4 is 5.73 Å². The van der Waals surface area contributed by atoms with Crippen LogP contribution >= 0.6 is 0 Å². The van der Waals surface area contributed by atoms with Crippen molar-refractivity contribution >= 4 is 27.8 Å². The van der Waals surface area contributed by atoms with E-state index in [-0.39, 0.29) is 12.1 Å². The van der Waals surface area contributed by atoms with E-state index >= 15 is 0 Å². The number of rotatable bonds is 2. The number of ether oxygens (including phenoxy) is 2. The molecule has 3 aromatic rings. The summed E-state index contributed by atoms with van der Waals surface area (Å²) in [6.45, 7) is 3.23. The standard InChI is InChI=1S/C16H18N4O2/c1-9-7-22-12(8-21-2)16-19-13-14(20(9)16)10-5-3-4-6-11(10)18-15(13)17/h3-6,9,12H,7-8H2,1-2H3,(H2,17,18)/t9-,12?/m0/s1. The summed E-state index contributed by atoms with van der Waals surface area (Å²) in [7, 11) is 1.67. The Bertz CT molecular complexity index is 858. The molecule has 0 amide bonds. The van der Waals surface area contributed by atoms with Gasteiger partial charge in [-0.05, 0) is 13.0 Å². The van der Waals surface area contributed by atoms with Crippen molar-refractivity contribution in [1.29, 1.82) is 0 Å².